The van der Waals surface area contributed by atoms with Crippen molar-refractivity contribution in [1.82, 2.24) is 5.32 Å². The molecule has 1 N–H and O–H groups in total. The Labute approximate surface area is 134 Å². The first-order valence-electron chi connectivity index (χ1n) is 7.05. The van der Waals surface area contributed by atoms with Gasteiger partial charge in [0.15, 0.2) is 0 Å². The monoisotopic (exact) mass is 351 g/mol. The second-order valence-electron chi connectivity index (χ2n) is 6.14. The molecule has 0 fully saturated rings. The van der Waals surface area contributed by atoms with Gasteiger partial charge < -0.3 is 14.5 Å². The summed E-state index contributed by atoms with van der Waals surface area (Å²) in [6, 6.07) is 9.85. The van der Waals surface area contributed by atoms with Gasteiger partial charge in [0.25, 0.3) is 0 Å². The predicted octanol–water partition coefficient (Wildman–Crippen LogP) is 4.82. The van der Waals surface area contributed by atoms with Crippen molar-refractivity contribution in [2.24, 2.45) is 0 Å². The highest BCUT2D eigenvalue weighted by atomic mass is 79.9. The fraction of sp³-hybridized carbons (Fsp3) is 0.412. The van der Waals surface area contributed by atoms with Gasteiger partial charge in [-0.05, 0) is 58.0 Å². The molecule has 0 aliphatic rings. The first-order chi connectivity index (χ1) is 9.83. The number of furan rings is 1. The normalized spacial score (nSPS) is 11.7. The lowest BCUT2D eigenvalue weighted by Crippen LogP contribution is -2.35. The summed E-state index contributed by atoms with van der Waals surface area (Å²) in [4.78, 5) is 0. The summed E-state index contributed by atoms with van der Waals surface area (Å²) >= 11 is 3.41. The number of benzene rings is 1. The molecule has 21 heavy (non-hydrogen) atoms. The highest BCUT2D eigenvalue weighted by Gasteiger charge is 2.12. The maximum absolute atomic E-state index is 5.75. The third-order valence-electron chi connectivity index (χ3n) is 3.08. The summed E-state index contributed by atoms with van der Waals surface area (Å²) in [6.07, 6.45) is 0. The lowest BCUT2D eigenvalue weighted by Gasteiger charge is -2.20. The van der Waals surface area contributed by atoms with E-state index in [2.05, 4.69) is 48.1 Å². The Hall–Kier alpha value is -1.26. The fourth-order valence-corrected chi connectivity index (χ4v) is 2.14. The third-order valence-corrected chi connectivity index (χ3v) is 3.60. The average Bonchev–Trinajstić information content (AvgIpc) is 2.76. The number of hydrogen-bond donors (Lipinski definition) is 1. The number of hydrogen-bond acceptors (Lipinski definition) is 3. The van der Waals surface area contributed by atoms with Gasteiger partial charge in [0, 0.05) is 22.1 Å². The van der Waals surface area contributed by atoms with Crippen LogP contribution in [-0.4, -0.2) is 5.54 Å². The van der Waals surface area contributed by atoms with E-state index in [9.17, 15) is 0 Å². The second kappa shape index (κ2) is 6.67. The maximum Gasteiger partial charge on any atom is 0.146 e. The lowest BCUT2D eigenvalue weighted by molar-refractivity contribution is 0.267. The van der Waals surface area contributed by atoms with Crippen LogP contribution in [-0.2, 0) is 13.2 Å². The number of rotatable bonds is 5. The van der Waals surface area contributed by atoms with E-state index in [4.69, 9.17) is 9.15 Å². The largest absolute Gasteiger partial charge is 0.486 e. The van der Waals surface area contributed by atoms with Gasteiger partial charge in [0.2, 0.25) is 0 Å². The summed E-state index contributed by atoms with van der Waals surface area (Å²) in [5.74, 6) is 2.63. The average molecular weight is 352 g/mol. The van der Waals surface area contributed by atoms with Crippen molar-refractivity contribution in [2.75, 3.05) is 0 Å². The van der Waals surface area contributed by atoms with Gasteiger partial charge in [-0.15, -0.1) is 0 Å². The molecule has 1 aromatic carbocycles. The number of nitrogens with one attached hydrogen (secondary N) is 1. The molecule has 2 rings (SSSR count). The van der Waals surface area contributed by atoms with Gasteiger partial charge in [0.1, 0.15) is 23.9 Å². The Bertz CT molecular complexity index is 582. The zero-order valence-electron chi connectivity index (χ0n) is 13.0. The van der Waals surface area contributed by atoms with Crippen molar-refractivity contribution in [3.8, 4) is 5.75 Å². The van der Waals surface area contributed by atoms with Gasteiger partial charge in [-0.3, -0.25) is 0 Å². The zero-order chi connectivity index (χ0) is 15.5. The number of aryl methyl sites for hydroxylation is 1. The molecule has 0 unspecified atom stereocenters. The molecule has 0 saturated heterocycles. The molecule has 0 bridgehead atoms. The minimum Gasteiger partial charge on any atom is -0.486 e. The smallest absolute Gasteiger partial charge is 0.146 e. The SMILES string of the molecule is Cc1oc(COc2ccc(Br)cc2)cc1CNC(C)(C)C. The lowest BCUT2D eigenvalue weighted by atomic mass is 10.1. The second-order valence-corrected chi connectivity index (χ2v) is 7.06. The molecule has 114 valence electrons. The number of halogens is 1. The van der Waals surface area contributed by atoms with Gasteiger partial charge >= 0.3 is 0 Å². The van der Waals surface area contributed by atoms with Gasteiger partial charge in [-0.2, -0.15) is 0 Å². The summed E-state index contributed by atoms with van der Waals surface area (Å²) in [6.45, 7) is 9.69. The van der Waals surface area contributed by atoms with E-state index in [1.54, 1.807) is 0 Å². The fourth-order valence-electron chi connectivity index (χ4n) is 1.88. The summed E-state index contributed by atoms with van der Waals surface area (Å²) in [5, 5.41) is 3.47. The van der Waals surface area contributed by atoms with Crippen LogP contribution in [0.25, 0.3) is 0 Å². The van der Waals surface area contributed by atoms with Crippen LogP contribution in [0.5, 0.6) is 5.75 Å². The van der Waals surface area contributed by atoms with E-state index in [1.807, 2.05) is 31.2 Å². The van der Waals surface area contributed by atoms with Gasteiger partial charge in [-0.1, -0.05) is 15.9 Å². The van der Waals surface area contributed by atoms with E-state index < -0.39 is 0 Å². The molecule has 3 nitrogen and oxygen atoms in total. The molecule has 0 radical (unpaired) electrons. The molecule has 0 atom stereocenters. The standard InChI is InChI=1S/C17H22BrNO2/c1-12-13(10-19-17(2,3)4)9-16(21-12)11-20-15-7-5-14(18)6-8-15/h5-9,19H,10-11H2,1-4H3. The number of ether oxygens (including phenoxy) is 1. The molecule has 4 heteroatoms. The van der Waals surface area contributed by atoms with Crippen LogP contribution in [0.4, 0.5) is 0 Å². The molecular weight excluding hydrogens is 330 g/mol. The third kappa shape index (κ3) is 5.21. The molecule has 0 saturated carbocycles. The molecule has 2 aromatic rings. The predicted molar refractivity (Wildman–Crippen MR) is 88.5 cm³/mol. The van der Waals surface area contributed by atoms with E-state index >= 15 is 0 Å². The van der Waals surface area contributed by atoms with Crippen molar-refractivity contribution in [3.63, 3.8) is 0 Å². The van der Waals surface area contributed by atoms with E-state index in [1.165, 1.54) is 5.56 Å². The highest BCUT2D eigenvalue weighted by Crippen LogP contribution is 2.20. The van der Waals surface area contributed by atoms with Crippen LogP contribution < -0.4 is 10.1 Å². The van der Waals surface area contributed by atoms with Crippen LogP contribution in [0.15, 0.2) is 39.2 Å². The van der Waals surface area contributed by atoms with E-state index in [0.717, 1.165) is 28.3 Å². The van der Waals surface area contributed by atoms with Crippen molar-refractivity contribution in [3.05, 3.63) is 51.9 Å². The maximum atomic E-state index is 5.75. The van der Waals surface area contributed by atoms with Crippen molar-refractivity contribution in [2.45, 2.75) is 46.4 Å². The highest BCUT2D eigenvalue weighted by molar-refractivity contribution is 9.10. The van der Waals surface area contributed by atoms with Crippen LogP contribution in [0.2, 0.25) is 0 Å². The summed E-state index contributed by atoms with van der Waals surface area (Å²) in [5.41, 5.74) is 1.27. The quantitative estimate of drug-likeness (QED) is 0.838. The van der Waals surface area contributed by atoms with Gasteiger partial charge in [-0.25, -0.2) is 0 Å². The minimum atomic E-state index is 0.0950. The first kappa shape index (κ1) is 16.1. The molecular formula is C17H22BrNO2. The first-order valence-corrected chi connectivity index (χ1v) is 7.84. The Kier molecular flexibility index (Phi) is 5.12. The Morgan fingerprint density at radius 3 is 2.48 bits per heavy atom. The molecule has 1 aromatic heterocycles. The molecule has 0 aliphatic carbocycles. The van der Waals surface area contributed by atoms with E-state index in [-0.39, 0.29) is 5.54 Å². The molecule has 0 amide bonds. The van der Waals surface area contributed by atoms with Gasteiger partial charge in [0.05, 0.1) is 0 Å². The molecule has 0 aliphatic heterocycles. The summed E-state index contributed by atoms with van der Waals surface area (Å²) < 4.78 is 12.5. The summed E-state index contributed by atoms with van der Waals surface area (Å²) in [7, 11) is 0. The minimum absolute atomic E-state index is 0.0950. The van der Waals surface area contributed by atoms with Crippen molar-refractivity contribution in [1.29, 1.82) is 0 Å². The van der Waals surface area contributed by atoms with Crippen LogP contribution in [0.3, 0.4) is 0 Å². The zero-order valence-corrected chi connectivity index (χ0v) is 14.6. The van der Waals surface area contributed by atoms with Crippen molar-refractivity contribution >= 4 is 15.9 Å². The molecule has 1 heterocycles. The van der Waals surface area contributed by atoms with Crippen LogP contribution in [0.1, 0.15) is 37.9 Å². The Balaban J connectivity index is 1.94. The topological polar surface area (TPSA) is 34.4 Å². The Morgan fingerprint density at radius 2 is 1.86 bits per heavy atom. The Morgan fingerprint density at radius 1 is 1.19 bits per heavy atom. The van der Waals surface area contributed by atoms with Crippen LogP contribution in [0, 0.1) is 6.92 Å². The molecule has 0 spiro atoms. The van der Waals surface area contributed by atoms with Crippen LogP contribution >= 0.6 is 15.9 Å². The van der Waals surface area contributed by atoms with E-state index in [0.29, 0.717) is 6.61 Å². The van der Waals surface area contributed by atoms with Crippen molar-refractivity contribution < 1.29 is 9.15 Å².